The first-order valence-electron chi connectivity index (χ1n) is 11.9. The van der Waals surface area contributed by atoms with Gasteiger partial charge in [-0.05, 0) is 35.4 Å². The number of H-pyrrole nitrogens is 1. The van der Waals surface area contributed by atoms with Crippen molar-refractivity contribution in [2.24, 2.45) is 0 Å². The van der Waals surface area contributed by atoms with Gasteiger partial charge in [-0.2, -0.15) is 0 Å². The number of aromatic nitrogens is 2. The number of nitrogens with one attached hydrogen (secondary N) is 1. The van der Waals surface area contributed by atoms with E-state index in [-0.39, 0.29) is 18.0 Å². The number of carbonyl (C=O) groups is 1. The third kappa shape index (κ3) is 4.65. The zero-order valence-electron chi connectivity index (χ0n) is 20.9. The monoisotopic (exact) mass is 497 g/mol. The third-order valence-electron chi connectivity index (χ3n) is 6.53. The third-order valence-corrected chi connectivity index (χ3v) is 6.53. The molecule has 0 unspecified atom stereocenters. The largest absolute Gasteiger partial charge is 0.493 e. The molecule has 0 fully saturated rings. The van der Waals surface area contributed by atoms with Gasteiger partial charge in [-0.25, -0.2) is 4.98 Å². The number of carbonyl (C=O) groups excluding carboxylic acids is 1. The van der Waals surface area contributed by atoms with Crippen LogP contribution in [0.4, 0.5) is 0 Å². The highest BCUT2D eigenvalue weighted by molar-refractivity contribution is 5.94. The summed E-state index contributed by atoms with van der Waals surface area (Å²) in [7, 11) is 4.60. The van der Waals surface area contributed by atoms with Gasteiger partial charge in [0.05, 0.1) is 39.1 Å². The van der Waals surface area contributed by atoms with Crippen LogP contribution in [0.15, 0.2) is 71.5 Å². The molecule has 8 heteroatoms. The molecule has 37 heavy (non-hydrogen) atoms. The van der Waals surface area contributed by atoms with Gasteiger partial charge >= 0.3 is 0 Å². The van der Waals surface area contributed by atoms with Crippen molar-refractivity contribution in [3.05, 3.63) is 93.9 Å². The molecule has 0 spiro atoms. The van der Waals surface area contributed by atoms with Gasteiger partial charge < -0.3 is 24.1 Å². The summed E-state index contributed by atoms with van der Waals surface area (Å²) in [6.07, 6.45) is 0.477. The van der Waals surface area contributed by atoms with Crippen molar-refractivity contribution in [1.82, 2.24) is 14.9 Å². The van der Waals surface area contributed by atoms with Crippen molar-refractivity contribution in [3.8, 4) is 39.8 Å². The number of amides is 1. The number of benzene rings is 3. The number of nitrogens with zero attached hydrogens (tertiary/aromatic N) is 2. The van der Waals surface area contributed by atoms with Crippen molar-refractivity contribution in [2.75, 3.05) is 27.9 Å². The summed E-state index contributed by atoms with van der Waals surface area (Å²) in [5.74, 6) is 1.68. The van der Waals surface area contributed by atoms with Crippen molar-refractivity contribution in [1.29, 1.82) is 0 Å². The van der Waals surface area contributed by atoms with E-state index < -0.39 is 0 Å². The van der Waals surface area contributed by atoms with Crippen LogP contribution < -0.4 is 19.8 Å². The standard InChI is InChI=1S/C29H27N3O5/c1-35-24-15-21(16-25(36-2)26(24)37-3)27-30-23-13-14-32(17-22(23)28(33)31-27)29(34)20-11-9-19(10-12-20)18-7-5-4-6-8-18/h4-12,15-16H,13-14,17H2,1-3H3,(H,30,31,33). The first kappa shape index (κ1) is 24.1. The Balaban J connectivity index is 1.39. The average Bonchev–Trinajstić information content (AvgIpc) is 2.96. The minimum absolute atomic E-state index is 0.113. The van der Waals surface area contributed by atoms with Gasteiger partial charge in [-0.1, -0.05) is 42.5 Å². The second-order valence-corrected chi connectivity index (χ2v) is 8.67. The minimum atomic E-state index is -0.273. The maximum Gasteiger partial charge on any atom is 0.256 e. The second kappa shape index (κ2) is 10.2. The Kier molecular flexibility index (Phi) is 6.64. The van der Waals surface area contributed by atoms with Crippen LogP contribution in [0.25, 0.3) is 22.5 Å². The van der Waals surface area contributed by atoms with E-state index in [1.54, 1.807) is 17.0 Å². The Labute approximate surface area is 214 Å². The van der Waals surface area contributed by atoms with Gasteiger partial charge in [-0.15, -0.1) is 0 Å². The van der Waals surface area contributed by atoms with Crippen LogP contribution in [-0.4, -0.2) is 48.6 Å². The zero-order chi connectivity index (χ0) is 25.9. The van der Waals surface area contributed by atoms with E-state index >= 15 is 0 Å². The molecule has 0 radical (unpaired) electrons. The van der Waals surface area contributed by atoms with Crippen LogP contribution in [-0.2, 0) is 13.0 Å². The summed E-state index contributed by atoms with van der Waals surface area (Å²) >= 11 is 0. The fourth-order valence-electron chi connectivity index (χ4n) is 4.57. The molecule has 1 aliphatic rings. The number of rotatable bonds is 6. The molecule has 5 rings (SSSR count). The highest BCUT2D eigenvalue weighted by Crippen LogP contribution is 2.40. The van der Waals surface area contributed by atoms with Crippen LogP contribution in [0.5, 0.6) is 17.2 Å². The van der Waals surface area contributed by atoms with Crippen molar-refractivity contribution < 1.29 is 19.0 Å². The Morgan fingerprint density at radius 2 is 1.51 bits per heavy atom. The van der Waals surface area contributed by atoms with Crippen LogP contribution in [0.2, 0.25) is 0 Å². The van der Waals surface area contributed by atoms with Gasteiger partial charge in [0.25, 0.3) is 11.5 Å². The van der Waals surface area contributed by atoms with E-state index in [2.05, 4.69) is 4.98 Å². The van der Waals surface area contributed by atoms with E-state index in [0.717, 1.165) is 11.1 Å². The first-order chi connectivity index (χ1) is 18.0. The van der Waals surface area contributed by atoms with Gasteiger partial charge in [0.1, 0.15) is 5.82 Å². The van der Waals surface area contributed by atoms with Crippen LogP contribution in [0.1, 0.15) is 21.6 Å². The molecular formula is C29H27N3O5. The SMILES string of the molecule is COc1cc(-c2nc3c(c(=O)[nH]2)CN(C(=O)c2ccc(-c4ccccc4)cc2)CC3)cc(OC)c1OC. The summed E-state index contributed by atoms with van der Waals surface area (Å²) in [6.45, 7) is 0.671. The lowest BCUT2D eigenvalue weighted by Gasteiger charge is -2.28. The summed E-state index contributed by atoms with van der Waals surface area (Å²) in [4.78, 5) is 35.6. The molecule has 4 aromatic rings. The first-order valence-corrected chi connectivity index (χ1v) is 11.9. The van der Waals surface area contributed by atoms with Crippen LogP contribution in [0, 0.1) is 0 Å². The number of aromatic amines is 1. The molecule has 3 aromatic carbocycles. The zero-order valence-corrected chi connectivity index (χ0v) is 20.9. The molecule has 0 bridgehead atoms. The van der Waals surface area contributed by atoms with Crippen molar-refractivity contribution in [2.45, 2.75) is 13.0 Å². The molecule has 1 amide bonds. The Morgan fingerprint density at radius 1 is 0.865 bits per heavy atom. The normalized spacial score (nSPS) is 12.6. The highest BCUT2D eigenvalue weighted by Gasteiger charge is 2.26. The topological polar surface area (TPSA) is 93.8 Å². The molecule has 0 saturated carbocycles. The fourth-order valence-corrected chi connectivity index (χ4v) is 4.57. The van der Waals surface area contributed by atoms with Gasteiger partial charge in [0.2, 0.25) is 5.75 Å². The van der Waals surface area contributed by atoms with E-state index in [4.69, 9.17) is 19.2 Å². The smallest absolute Gasteiger partial charge is 0.256 e. The van der Waals surface area contributed by atoms with Gasteiger partial charge in [-0.3, -0.25) is 9.59 Å². The van der Waals surface area contributed by atoms with Gasteiger partial charge in [0, 0.05) is 24.1 Å². The predicted molar refractivity (Wildman–Crippen MR) is 140 cm³/mol. The van der Waals surface area contributed by atoms with Crippen LogP contribution >= 0.6 is 0 Å². The van der Waals surface area contributed by atoms with E-state index in [9.17, 15) is 9.59 Å². The lowest BCUT2D eigenvalue weighted by atomic mass is 10.0. The Hall–Kier alpha value is -4.59. The maximum absolute atomic E-state index is 13.2. The number of ether oxygens (including phenoxy) is 3. The molecule has 0 atom stereocenters. The van der Waals surface area contributed by atoms with Crippen molar-refractivity contribution >= 4 is 5.91 Å². The molecule has 8 nitrogen and oxygen atoms in total. The summed E-state index contributed by atoms with van der Waals surface area (Å²) in [6, 6.07) is 21.0. The molecule has 2 heterocycles. The van der Waals surface area contributed by atoms with E-state index in [1.165, 1.54) is 21.3 Å². The molecule has 0 aliphatic carbocycles. The molecule has 1 aromatic heterocycles. The van der Waals surface area contributed by atoms with Crippen LogP contribution in [0.3, 0.4) is 0 Å². The number of hydrogen-bond donors (Lipinski definition) is 1. The fraction of sp³-hybridized carbons (Fsp3) is 0.207. The number of hydrogen-bond acceptors (Lipinski definition) is 6. The summed E-state index contributed by atoms with van der Waals surface area (Å²) in [5.41, 5.74) is 4.25. The molecule has 1 aliphatic heterocycles. The van der Waals surface area contributed by atoms with Crippen molar-refractivity contribution in [3.63, 3.8) is 0 Å². The lowest BCUT2D eigenvalue weighted by Crippen LogP contribution is -2.39. The average molecular weight is 498 g/mol. The Bertz CT molecular complexity index is 1470. The number of methoxy groups -OCH3 is 3. The lowest BCUT2D eigenvalue weighted by molar-refractivity contribution is 0.0732. The summed E-state index contributed by atoms with van der Waals surface area (Å²) in [5, 5.41) is 0. The quantitative estimate of drug-likeness (QED) is 0.426. The molecule has 0 saturated heterocycles. The van der Waals surface area contributed by atoms with Gasteiger partial charge in [0.15, 0.2) is 11.5 Å². The van der Waals surface area contributed by atoms with E-state index in [0.29, 0.717) is 58.4 Å². The number of fused-ring (bicyclic) bond motifs is 1. The molecule has 1 N–H and O–H groups in total. The molecular weight excluding hydrogens is 470 g/mol. The summed E-state index contributed by atoms with van der Waals surface area (Å²) < 4.78 is 16.2. The Morgan fingerprint density at radius 3 is 2.14 bits per heavy atom. The molecule has 188 valence electrons. The second-order valence-electron chi connectivity index (χ2n) is 8.67. The highest BCUT2D eigenvalue weighted by atomic mass is 16.5. The maximum atomic E-state index is 13.2. The predicted octanol–water partition coefficient (Wildman–Crippen LogP) is 4.33. The minimum Gasteiger partial charge on any atom is -0.493 e. The van der Waals surface area contributed by atoms with E-state index in [1.807, 2.05) is 54.6 Å².